The van der Waals surface area contributed by atoms with Gasteiger partial charge in [-0.15, -0.1) is 0 Å². The van der Waals surface area contributed by atoms with Crippen molar-refractivity contribution in [2.24, 2.45) is 0 Å². The number of halogens is 1. The molecule has 3 nitrogen and oxygen atoms in total. The number of rotatable bonds is 7. The second-order valence-corrected chi connectivity index (χ2v) is 7.69. The number of carbonyl (C=O) groups is 1. The first-order chi connectivity index (χ1) is 13.1. The summed E-state index contributed by atoms with van der Waals surface area (Å²) < 4.78 is 0. The largest absolute Gasteiger partial charge is 0.344 e. The van der Waals surface area contributed by atoms with Crippen LogP contribution in [-0.4, -0.2) is 30.4 Å². The molecule has 0 radical (unpaired) electrons. The quantitative estimate of drug-likeness (QED) is 0.733. The summed E-state index contributed by atoms with van der Waals surface area (Å²) in [6.07, 6.45) is 1.63. The van der Waals surface area contributed by atoms with E-state index in [1.807, 2.05) is 24.3 Å². The monoisotopic (exact) mass is 384 g/mol. The van der Waals surface area contributed by atoms with Crippen LogP contribution in [0, 0.1) is 0 Å². The van der Waals surface area contributed by atoms with Gasteiger partial charge in [-0.1, -0.05) is 68.8 Å². The summed E-state index contributed by atoms with van der Waals surface area (Å²) in [6.45, 7) is 9.41. The van der Waals surface area contributed by atoms with Crippen molar-refractivity contribution in [1.29, 1.82) is 0 Å². The van der Waals surface area contributed by atoms with Crippen molar-refractivity contribution in [2.75, 3.05) is 19.6 Å². The molecule has 0 bridgehead atoms. The number of nitrogens with one attached hydrogen (secondary N) is 1. The minimum Gasteiger partial charge on any atom is -0.344 e. The molecule has 1 heterocycles. The van der Waals surface area contributed by atoms with Crippen LogP contribution in [0.25, 0.3) is 0 Å². The van der Waals surface area contributed by atoms with Gasteiger partial charge in [-0.3, -0.25) is 4.79 Å². The van der Waals surface area contributed by atoms with Crippen molar-refractivity contribution >= 4 is 17.5 Å². The van der Waals surface area contributed by atoms with Crippen molar-refractivity contribution in [1.82, 2.24) is 10.2 Å². The van der Waals surface area contributed by atoms with Crippen molar-refractivity contribution in [2.45, 2.75) is 45.1 Å². The minimum absolute atomic E-state index is 0.126. The van der Waals surface area contributed by atoms with E-state index < -0.39 is 5.41 Å². The molecule has 2 unspecified atom stereocenters. The molecule has 1 amide bonds. The molecule has 2 atom stereocenters. The van der Waals surface area contributed by atoms with E-state index in [2.05, 4.69) is 55.3 Å². The van der Waals surface area contributed by atoms with Crippen LogP contribution in [-0.2, 0) is 10.2 Å². The second kappa shape index (κ2) is 8.45. The zero-order valence-corrected chi connectivity index (χ0v) is 17.2. The molecule has 1 aliphatic heterocycles. The summed E-state index contributed by atoms with van der Waals surface area (Å²) in [5.41, 5.74) is 2.96. The Kier molecular flexibility index (Phi) is 6.23. The Hall–Kier alpha value is -1.84. The first-order valence-corrected chi connectivity index (χ1v) is 10.3. The van der Waals surface area contributed by atoms with Gasteiger partial charge in [0.1, 0.15) is 0 Å². The fraction of sp³-hybridized carbons (Fsp3) is 0.435. The number of fused-ring (bicyclic) bond motifs is 1. The third-order valence-corrected chi connectivity index (χ3v) is 6.31. The lowest BCUT2D eigenvalue weighted by molar-refractivity contribution is -0.128. The highest BCUT2D eigenvalue weighted by atomic mass is 35.5. The Morgan fingerprint density at radius 3 is 2.33 bits per heavy atom. The SMILES string of the molecule is CCN(CC)CCC1(CC)C(=O)NC(c2ccc(Cl)cc2)c2ccccc21. The molecule has 2 aromatic rings. The van der Waals surface area contributed by atoms with Gasteiger partial charge in [0, 0.05) is 5.02 Å². The van der Waals surface area contributed by atoms with Crippen molar-refractivity contribution in [3.8, 4) is 0 Å². The maximum absolute atomic E-state index is 13.4. The number of nitrogens with zero attached hydrogens (tertiary/aromatic N) is 1. The van der Waals surface area contributed by atoms with Gasteiger partial charge in [0.25, 0.3) is 0 Å². The molecule has 4 heteroatoms. The predicted molar refractivity (Wildman–Crippen MR) is 112 cm³/mol. The summed E-state index contributed by atoms with van der Waals surface area (Å²) in [7, 11) is 0. The van der Waals surface area contributed by atoms with Crippen LogP contribution in [0.1, 0.15) is 56.3 Å². The van der Waals surface area contributed by atoms with Gasteiger partial charge in [0.2, 0.25) is 5.91 Å². The Bertz CT molecular complexity index is 785. The molecule has 0 spiro atoms. The maximum atomic E-state index is 13.4. The summed E-state index contributed by atoms with van der Waals surface area (Å²) in [4.78, 5) is 15.8. The highest BCUT2D eigenvalue weighted by molar-refractivity contribution is 6.30. The smallest absolute Gasteiger partial charge is 0.231 e. The van der Waals surface area contributed by atoms with Gasteiger partial charge in [-0.25, -0.2) is 0 Å². The van der Waals surface area contributed by atoms with E-state index in [1.165, 1.54) is 11.1 Å². The van der Waals surface area contributed by atoms with Gasteiger partial charge >= 0.3 is 0 Å². The Labute approximate surface area is 167 Å². The van der Waals surface area contributed by atoms with Crippen LogP contribution in [0.5, 0.6) is 0 Å². The van der Waals surface area contributed by atoms with Crippen molar-refractivity contribution < 1.29 is 4.79 Å². The topological polar surface area (TPSA) is 32.3 Å². The van der Waals surface area contributed by atoms with Crippen LogP contribution in [0.2, 0.25) is 5.02 Å². The molecule has 1 aliphatic rings. The van der Waals surface area contributed by atoms with E-state index in [0.29, 0.717) is 5.02 Å². The minimum atomic E-state index is -0.470. The van der Waals surface area contributed by atoms with Crippen LogP contribution in [0.3, 0.4) is 0 Å². The predicted octanol–water partition coefficient (Wildman–Crippen LogP) is 4.94. The van der Waals surface area contributed by atoms with E-state index in [4.69, 9.17) is 11.6 Å². The molecule has 0 aliphatic carbocycles. The highest BCUT2D eigenvalue weighted by Gasteiger charge is 2.45. The number of hydrogen-bond donors (Lipinski definition) is 1. The van der Waals surface area contributed by atoms with Crippen molar-refractivity contribution in [3.63, 3.8) is 0 Å². The van der Waals surface area contributed by atoms with E-state index >= 15 is 0 Å². The van der Waals surface area contributed by atoms with Gasteiger partial charge in [0.15, 0.2) is 0 Å². The zero-order valence-electron chi connectivity index (χ0n) is 16.5. The normalized spacial score (nSPS) is 21.8. The van der Waals surface area contributed by atoms with Crippen LogP contribution in [0.4, 0.5) is 0 Å². The number of amides is 1. The Morgan fingerprint density at radius 2 is 1.70 bits per heavy atom. The molecular weight excluding hydrogens is 356 g/mol. The van der Waals surface area contributed by atoms with Crippen LogP contribution in [0.15, 0.2) is 48.5 Å². The molecule has 3 rings (SSSR count). The lowest BCUT2D eigenvalue weighted by atomic mass is 9.68. The molecule has 0 saturated heterocycles. The summed E-state index contributed by atoms with van der Waals surface area (Å²) in [5, 5.41) is 4.01. The molecule has 0 saturated carbocycles. The number of benzene rings is 2. The van der Waals surface area contributed by atoms with Crippen LogP contribution < -0.4 is 5.32 Å². The molecular formula is C23H29ClN2O. The maximum Gasteiger partial charge on any atom is 0.231 e. The molecule has 144 valence electrons. The summed E-state index contributed by atoms with van der Waals surface area (Å²) in [5.74, 6) is 0.135. The summed E-state index contributed by atoms with van der Waals surface area (Å²) >= 11 is 6.05. The highest BCUT2D eigenvalue weighted by Crippen LogP contribution is 2.42. The Morgan fingerprint density at radius 1 is 1.04 bits per heavy atom. The van der Waals surface area contributed by atoms with E-state index in [0.717, 1.165) is 38.0 Å². The second-order valence-electron chi connectivity index (χ2n) is 7.26. The van der Waals surface area contributed by atoms with E-state index in [9.17, 15) is 4.79 Å². The first-order valence-electron chi connectivity index (χ1n) is 9.93. The third kappa shape index (κ3) is 3.76. The molecule has 1 N–H and O–H groups in total. The summed E-state index contributed by atoms with van der Waals surface area (Å²) in [6, 6.07) is 16.0. The van der Waals surface area contributed by atoms with E-state index in [-0.39, 0.29) is 11.9 Å². The van der Waals surface area contributed by atoms with Crippen molar-refractivity contribution in [3.05, 3.63) is 70.2 Å². The average molecular weight is 385 g/mol. The van der Waals surface area contributed by atoms with Crippen LogP contribution >= 0.6 is 11.6 Å². The lowest BCUT2D eigenvalue weighted by Gasteiger charge is -2.42. The third-order valence-electron chi connectivity index (χ3n) is 6.05. The fourth-order valence-electron chi connectivity index (χ4n) is 4.24. The number of carbonyl (C=O) groups excluding carboxylic acids is 1. The molecule has 2 aromatic carbocycles. The van der Waals surface area contributed by atoms with Gasteiger partial charge in [-0.05, 0) is 61.3 Å². The van der Waals surface area contributed by atoms with Gasteiger partial charge < -0.3 is 10.2 Å². The zero-order chi connectivity index (χ0) is 19.4. The molecule has 0 aromatic heterocycles. The molecule has 27 heavy (non-hydrogen) atoms. The fourth-order valence-corrected chi connectivity index (χ4v) is 4.36. The standard InChI is InChI=1S/C23H29ClN2O/c1-4-23(15-16-26(5-2)6-3)20-10-8-7-9-19(20)21(25-22(23)27)17-11-13-18(24)14-12-17/h7-14,21H,4-6,15-16H2,1-3H3,(H,25,27). The first kappa shape index (κ1) is 19.9. The van der Waals surface area contributed by atoms with E-state index in [1.54, 1.807) is 0 Å². The molecule has 0 fully saturated rings. The number of hydrogen-bond acceptors (Lipinski definition) is 2. The van der Waals surface area contributed by atoms with Gasteiger partial charge in [0.05, 0.1) is 11.5 Å². The van der Waals surface area contributed by atoms with Gasteiger partial charge in [-0.2, -0.15) is 0 Å². The lowest BCUT2D eigenvalue weighted by Crippen LogP contribution is -2.52. The average Bonchev–Trinajstić information content (AvgIpc) is 2.70. The Balaban J connectivity index is 2.02.